The number of benzene rings is 1. The molecule has 0 saturated carbocycles. The van der Waals surface area contributed by atoms with Crippen LogP contribution in [0.3, 0.4) is 0 Å². The Balaban J connectivity index is 1.93. The summed E-state index contributed by atoms with van der Waals surface area (Å²) in [6, 6.07) is 9.48. The second-order valence-corrected chi connectivity index (χ2v) is 5.94. The third kappa shape index (κ3) is 5.95. The quantitative estimate of drug-likeness (QED) is 0.639. The summed E-state index contributed by atoms with van der Waals surface area (Å²) in [6.45, 7) is 6.72. The molecule has 1 amide bonds. The van der Waals surface area contributed by atoms with Crippen LogP contribution in [-0.2, 0) is 4.79 Å². The summed E-state index contributed by atoms with van der Waals surface area (Å²) in [7, 11) is 1.64. The van der Waals surface area contributed by atoms with Crippen LogP contribution in [0, 0.1) is 12.8 Å². The van der Waals surface area contributed by atoms with E-state index >= 15 is 0 Å². The number of nitrogens with one attached hydrogen (secondary N) is 3. The van der Waals surface area contributed by atoms with Crippen molar-refractivity contribution in [3.05, 3.63) is 36.0 Å². The number of methoxy groups -OCH3 is 1. The fraction of sp³-hybridized carbons (Fsp3) is 0.389. The molecule has 2 aromatic rings. The SMILES string of the molecule is COc1ccc(Nc2cc(C)nc(NCCNC(=O)C(C)C)n2)cc1. The minimum Gasteiger partial charge on any atom is -0.497 e. The van der Waals surface area contributed by atoms with Gasteiger partial charge in [-0.3, -0.25) is 4.79 Å². The lowest BCUT2D eigenvalue weighted by atomic mass is 10.2. The fourth-order valence-corrected chi connectivity index (χ4v) is 2.10. The predicted octanol–water partition coefficient (Wildman–Crippen LogP) is 2.72. The van der Waals surface area contributed by atoms with Gasteiger partial charge in [0.15, 0.2) is 0 Å². The zero-order chi connectivity index (χ0) is 18.2. The Hall–Kier alpha value is -2.83. The molecule has 7 heteroatoms. The number of aryl methyl sites for hydroxylation is 1. The van der Waals surface area contributed by atoms with Gasteiger partial charge < -0.3 is 20.7 Å². The summed E-state index contributed by atoms with van der Waals surface area (Å²) >= 11 is 0. The van der Waals surface area contributed by atoms with Gasteiger partial charge in [0.25, 0.3) is 0 Å². The first-order chi connectivity index (χ1) is 12.0. The minimum atomic E-state index is -0.0180. The van der Waals surface area contributed by atoms with Gasteiger partial charge in [0.05, 0.1) is 7.11 Å². The molecule has 0 saturated heterocycles. The number of amides is 1. The average Bonchev–Trinajstić information content (AvgIpc) is 2.58. The molecule has 0 bridgehead atoms. The van der Waals surface area contributed by atoms with Crippen LogP contribution in [0.1, 0.15) is 19.5 Å². The van der Waals surface area contributed by atoms with E-state index in [2.05, 4.69) is 25.9 Å². The van der Waals surface area contributed by atoms with Crippen molar-refractivity contribution >= 4 is 23.4 Å². The van der Waals surface area contributed by atoms with Gasteiger partial charge in [-0.2, -0.15) is 4.98 Å². The molecule has 0 atom stereocenters. The number of nitrogens with zero attached hydrogens (tertiary/aromatic N) is 2. The monoisotopic (exact) mass is 343 g/mol. The first-order valence-corrected chi connectivity index (χ1v) is 8.26. The smallest absolute Gasteiger partial charge is 0.224 e. The second kappa shape index (κ2) is 8.86. The summed E-state index contributed by atoms with van der Waals surface area (Å²) in [4.78, 5) is 20.3. The molecule has 25 heavy (non-hydrogen) atoms. The molecule has 1 aromatic carbocycles. The standard InChI is InChI=1S/C18H25N5O2/c1-12(2)17(24)19-9-10-20-18-21-13(3)11-16(23-18)22-14-5-7-15(25-4)8-6-14/h5-8,11-12H,9-10H2,1-4H3,(H,19,24)(H2,20,21,22,23). The van der Waals surface area contributed by atoms with E-state index in [1.807, 2.05) is 51.1 Å². The summed E-state index contributed by atoms with van der Waals surface area (Å²) in [6.07, 6.45) is 0. The van der Waals surface area contributed by atoms with E-state index in [4.69, 9.17) is 4.74 Å². The Morgan fingerprint density at radius 3 is 2.52 bits per heavy atom. The van der Waals surface area contributed by atoms with Gasteiger partial charge in [-0.25, -0.2) is 4.98 Å². The predicted molar refractivity (Wildman–Crippen MR) is 99.4 cm³/mol. The van der Waals surface area contributed by atoms with Crippen LogP contribution in [0.4, 0.5) is 17.5 Å². The Morgan fingerprint density at radius 2 is 1.88 bits per heavy atom. The lowest BCUT2D eigenvalue weighted by Gasteiger charge is -2.11. The molecule has 0 spiro atoms. The van der Waals surface area contributed by atoms with Crippen LogP contribution in [-0.4, -0.2) is 36.1 Å². The second-order valence-electron chi connectivity index (χ2n) is 5.94. The number of hydrogen-bond donors (Lipinski definition) is 3. The molecule has 7 nitrogen and oxygen atoms in total. The van der Waals surface area contributed by atoms with Crippen molar-refractivity contribution < 1.29 is 9.53 Å². The number of carbonyl (C=O) groups is 1. The highest BCUT2D eigenvalue weighted by atomic mass is 16.5. The Bertz CT molecular complexity index is 701. The summed E-state index contributed by atoms with van der Waals surface area (Å²) in [5, 5.41) is 9.22. The number of hydrogen-bond acceptors (Lipinski definition) is 6. The van der Waals surface area contributed by atoms with Crippen molar-refractivity contribution in [3.63, 3.8) is 0 Å². The van der Waals surface area contributed by atoms with Gasteiger partial charge >= 0.3 is 0 Å². The molecule has 0 fully saturated rings. The van der Waals surface area contributed by atoms with E-state index in [9.17, 15) is 4.79 Å². The van der Waals surface area contributed by atoms with Gasteiger partial charge in [0.1, 0.15) is 11.6 Å². The third-order valence-electron chi connectivity index (χ3n) is 3.45. The molecule has 1 heterocycles. The molecular formula is C18H25N5O2. The van der Waals surface area contributed by atoms with E-state index in [0.29, 0.717) is 24.9 Å². The van der Waals surface area contributed by atoms with Gasteiger partial charge in [0.2, 0.25) is 11.9 Å². The van der Waals surface area contributed by atoms with Crippen LogP contribution >= 0.6 is 0 Å². The van der Waals surface area contributed by atoms with Crippen LogP contribution in [0.5, 0.6) is 5.75 Å². The van der Waals surface area contributed by atoms with E-state index in [1.165, 1.54) is 0 Å². The van der Waals surface area contributed by atoms with Crippen molar-refractivity contribution in [2.24, 2.45) is 5.92 Å². The molecule has 0 aliphatic heterocycles. The summed E-state index contributed by atoms with van der Waals surface area (Å²) in [5.41, 5.74) is 1.76. The van der Waals surface area contributed by atoms with E-state index < -0.39 is 0 Å². The maximum Gasteiger partial charge on any atom is 0.224 e. The van der Waals surface area contributed by atoms with Crippen LogP contribution in [0.25, 0.3) is 0 Å². The average molecular weight is 343 g/mol. The van der Waals surface area contributed by atoms with E-state index in [1.54, 1.807) is 7.11 Å². The molecule has 0 radical (unpaired) electrons. The number of aromatic nitrogens is 2. The van der Waals surface area contributed by atoms with Gasteiger partial charge in [-0.15, -0.1) is 0 Å². The van der Waals surface area contributed by atoms with E-state index in [-0.39, 0.29) is 11.8 Å². The zero-order valence-electron chi connectivity index (χ0n) is 15.1. The molecule has 0 aliphatic carbocycles. The number of ether oxygens (including phenoxy) is 1. The van der Waals surface area contributed by atoms with E-state index in [0.717, 1.165) is 17.1 Å². The lowest BCUT2D eigenvalue weighted by molar-refractivity contribution is -0.123. The highest BCUT2D eigenvalue weighted by molar-refractivity contribution is 5.77. The van der Waals surface area contributed by atoms with Gasteiger partial charge in [-0.05, 0) is 31.2 Å². The molecule has 3 N–H and O–H groups in total. The molecule has 1 aromatic heterocycles. The first-order valence-electron chi connectivity index (χ1n) is 8.26. The normalized spacial score (nSPS) is 10.4. The Labute approximate surface area is 148 Å². The molecule has 0 aliphatic rings. The summed E-state index contributed by atoms with van der Waals surface area (Å²) < 4.78 is 5.15. The van der Waals surface area contributed by atoms with Gasteiger partial charge in [-0.1, -0.05) is 13.8 Å². The first kappa shape index (κ1) is 18.5. The van der Waals surface area contributed by atoms with Crippen LogP contribution < -0.4 is 20.7 Å². The Morgan fingerprint density at radius 1 is 1.16 bits per heavy atom. The number of rotatable bonds is 8. The van der Waals surface area contributed by atoms with Crippen molar-refractivity contribution in [1.29, 1.82) is 0 Å². The maximum atomic E-state index is 11.5. The maximum absolute atomic E-state index is 11.5. The van der Waals surface area contributed by atoms with Crippen molar-refractivity contribution in [2.75, 3.05) is 30.8 Å². The molecule has 2 rings (SSSR count). The fourth-order valence-electron chi connectivity index (χ4n) is 2.10. The molecule has 134 valence electrons. The van der Waals surface area contributed by atoms with Crippen molar-refractivity contribution in [1.82, 2.24) is 15.3 Å². The highest BCUT2D eigenvalue weighted by Crippen LogP contribution is 2.19. The Kier molecular flexibility index (Phi) is 6.56. The topological polar surface area (TPSA) is 88.2 Å². The zero-order valence-corrected chi connectivity index (χ0v) is 15.1. The minimum absolute atomic E-state index is 0.0180. The van der Waals surface area contributed by atoms with Gasteiger partial charge in [0, 0.05) is 36.5 Å². The van der Waals surface area contributed by atoms with Crippen LogP contribution in [0.15, 0.2) is 30.3 Å². The number of anilines is 3. The van der Waals surface area contributed by atoms with Crippen LogP contribution in [0.2, 0.25) is 0 Å². The molecular weight excluding hydrogens is 318 g/mol. The van der Waals surface area contributed by atoms with Crippen molar-refractivity contribution in [3.8, 4) is 5.75 Å². The number of carbonyl (C=O) groups excluding carboxylic acids is 1. The lowest BCUT2D eigenvalue weighted by Crippen LogP contribution is -2.32. The van der Waals surface area contributed by atoms with Crippen molar-refractivity contribution in [2.45, 2.75) is 20.8 Å². The molecule has 0 unspecified atom stereocenters. The third-order valence-corrected chi connectivity index (χ3v) is 3.45. The highest BCUT2D eigenvalue weighted by Gasteiger charge is 2.06. The summed E-state index contributed by atoms with van der Waals surface area (Å²) in [5.74, 6) is 2.04. The largest absolute Gasteiger partial charge is 0.497 e.